The van der Waals surface area contributed by atoms with Crippen LogP contribution in [-0.2, 0) is 0 Å². The van der Waals surface area contributed by atoms with Crippen LogP contribution >= 0.6 is 7.05 Å². The molecule has 0 saturated carbocycles. The minimum absolute atomic E-state index is 0.138. The molecule has 0 bridgehead atoms. The number of aromatic hydroxyl groups is 2. The molecule has 0 aliphatic carbocycles. The number of aliphatic imine (C=N–C) groups is 1. The third kappa shape index (κ3) is 5.16. The highest BCUT2D eigenvalue weighted by molar-refractivity contribution is 7.87. The van der Waals surface area contributed by atoms with E-state index in [1.165, 1.54) is 5.56 Å². The van der Waals surface area contributed by atoms with Crippen LogP contribution < -0.4 is 15.9 Å². The van der Waals surface area contributed by atoms with Crippen LogP contribution in [0.15, 0.2) is 125 Å². The van der Waals surface area contributed by atoms with Crippen molar-refractivity contribution in [3.8, 4) is 11.5 Å². The first-order valence-corrected chi connectivity index (χ1v) is 14.6. The molecule has 0 aromatic heterocycles. The van der Waals surface area contributed by atoms with Crippen LogP contribution in [0, 0.1) is 20.8 Å². The van der Waals surface area contributed by atoms with Crippen molar-refractivity contribution < 1.29 is 10.2 Å². The third-order valence-corrected chi connectivity index (χ3v) is 10.5. The fourth-order valence-electron chi connectivity index (χ4n) is 5.05. The number of phenolic OH excluding ortho intramolecular Hbond substituents is 2. The number of benzene rings is 5. The number of phenols is 2. The quantitative estimate of drug-likeness (QED) is 0.176. The monoisotopic (exact) mass is 530 g/mol. The Bertz CT molecular complexity index is 1650. The zero-order valence-electron chi connectivity index (χ0n) is 22.3. The second-order valence-corrected chi connectivity index (χ2v) is 12.6. The highest BCUT2D eigenvalue weighted by atomic mass is 31.2. The summed E-state index contributed by atoms with van der Waals surface area (Å²) in [5.74, 6) is 0.275. The Kier molecular flexibility index (Phi) is 7.49. The summed E-state index contributed by atoms with van der Waals surface area (Å²) >= 11 is 0. The maximum absolute atomic E-state index is 11.2. The molecule has 0 fully saturated rings. The lowest BCUT2D eigenvalue weighted by atomic mass is 10.1. The standard InChI is InChI=1S/C34H31N2O2P/c1-24-21-25(2)34(26(3)22-24)35-23-27-13-7-8-16-29(27)36-39(28-14-5-4-6-15-28,32-19-11-9-17-30(32)37)33-20-12-10-18-31(33)38/h4-23,37-38H,1-3H3. The van der Waals surface area contributed by atoms with Crippen molar-refractivity contribution in [1.29, 1.82) is 0 Å². The first-order valence-electron chi connectivity index (χ1n) is 12.9. The van der Waals surface area contributed by atoms with E-state index in [0.29, 0.717) is 10.6 Å². The van der Waals surface area contributed by atoms with E-state index >= 15 is 0 Å². The molecule has 5 heteroatoms. The highest BCUT2D eigenvalue weighted by Gasteiger charge is 2.32. The van der Waals surface area contributed by atoms with E-state index in [0.717, 1.165) is 33.4 Å². The molecule has 4 nitrogen and oxygen atoms in total. The normalized spacial score (nSPS) is 11.6. The largest absolute Gasteiger partial charge is 0.507 e. The Morgan fingerprint density at radius 3 is 1.72 bits per heavy atom. The Balaban J connectivity index is 1.84. The molecule has 0 heterocycles. The molecular formula is C34H31N2O2P. The molecule has 0 atom stereocenters. The number of hydrogen-bond donors (Lipinski definition) is 2. The predicted molar refractivity (Wildman–Crippen MR) is 165 cm³/mol. The molecule has 0 saturated heterocycles. The zero-order valence-corrected chi connectivity index (χ0v) is 23.2. The average molecular weight is 531 g/mol. The van der Waals surface area contributed by atoms with Gasteiger partial charge in [0.2, 0.25) is 0 Å². The van der Waals surface area contributed by atoms with Gasteiger partial charge in [0.1, 0.15) is 11.5 Å². The summed E-state index contributed by atoms with van der Waals surface area (Å²) in [6.45, 7) is 6.24. The van der Waals surface area contributed by atoms with Gasteiger partial charge < -0.3 is 10.2 Å². The predicted octanol–water partition coefficient (Wildman–Crippen LogP) is 7.58. The molecule has 194 valence electrons. The van der Waals surface area contributed by atoms with Crippen molar-refractivity contribution in [3.63, 3.8) is 0 Å². The van der Waals surface area contributed by atoms with Gasteiger partial charge in [-0.15, -0.1) is 0 Å². The molecule has 0 amide bonds. The summed E-state index contributed by atoms with van der Waals surface area (Å²) in [6, 6.07) is 36.7. The van der Waals surface area contributed by atoms with Gasteiger partial charge in [-0.2, -0.15) is 0 Å². The lowest BCUT2D eigenvalue weighted by Crippen LogP contribution is -2.25. The van der Waals surface area contributed by atoms with Gasteiger partial charge in [-0.05, 0) is 62.2 Å². The summed E-state index contributed by atoms with van der Waals surface area (Å²) in [5.41, 5.74) is 5.97. The summed E-state index contributed by atoms with van der Waals surface area (Å²) in [7, 11) is -2.94. The smallest absolute Gasteiger partial charge is 0.125 e. The first kappa shape index (κ1) is 26.2. The van der Waals surface area contributed by atoms with E-state index in [-0.39, 0.29) is 11.5 Å². The van der Waals surface area contributed by atoms with Crippen molar-refractivity contribution in [3.05, 3.63) is 138 Å². The van der Waals surface area contributed by atoms with Crippen molar-refractivity contribution >= 4 is 40.6 Å². The van der Waals surface area contributed by atoms with Gasteiger partial charge in [0.25, 0.3) is 0 Å². The molecular weight excluding hydrogens is 499 g/mol. The van der Waals surface area contributed by atoms with Gasteiger partial charge in [-0.1, -0.05) is 90.5 Å². The summed E-state index contributed by atoms with van der Waals surface area (Å²) in [4.78, 5) is 4.89. The van der Waals surface area contributed by atoms with Crippen molar-refractivity contribution in [1.82, 2.24) is 0 Å². The second-order valence-electron chi connectivity index (χ2n) is 9.61. The number of hydrogen-bond acceptors (Lipinski definition) is 4. The van der Waals surface area contributed by atoms with E-state index in [4.69, 9.17) is 9.74 Å². The van der Waals surface area contributed by atoms with Crippen molar-refractivity contribution in [2.75, 3.05) is 0 Å². The minimum Gasteiger partial charge on any atom is -0.507 e. The molecule has 2 N–H and O–H groups in total. The second kappa shape index (κ2) is 11.1. The molecule has 39 heavy (non-hydrogen) atoms. The van der Waals surface area contributed by atoms with Crippen LogP contribution in [0.4, 0.5) is 11.4 Å². The summed E-state index contributed by atoms with van der Waals surface area (Å²) in [5, 5.41) is 24.7. The first-order chi connectivity index (χ1) is 18.9. The molecule has 0 radical (unpaired) electrons. The molecule has 0 aliphatic heterocycles. The van der Waals surface area contributed by atoms with Crippen LogP contribution in [0.3, 0.4) is 0 Å². The van der Waals surface area contributed by atoms with Gasteiger partial charge in [-0.25, -0.2) is 0 Å². The third-order valence-electron chi connectivity index (χ3n) is 6.75. The fraction of sp³-hybridized carbons (Fsp3) is 0.0882. The van der Waals surface area contributed by atoms with Crippen LogP contribution in [-0.4, -0.2) is 16.4 Å². The van der Waals surface area contributed by atoms with E-state index in [9.17, 15) is 10.2 Å². The van der Waals surface area contributed by atoms with Crippen molar-refractivity contribution in [2.24, 2.45) is 9.74 Å². The lowest BCUT2D eigenvalue weighted by molar-refractivity contribution is 0.479. The molecule has 5 rings (SSSR count). The lowest BCUT2D eigenvalue weighted by Gasteiger charge is -2.28. The average Bonchev–Trinajstić information content (AvgIpc) is 2.93. The number of aryl methyl sites for hydroxylation is 3. The zero-order chi connectivity index (χ0) is 27.4. The number of para-hydroxylation sites is 2. The van der Waals surface area contributed by atoms with E-state index in [1.807, 2.05) is 85.1 Å². The molecule has 0 unspecified atom stereocenters. The van der Waals surface area contributed by atoms with Gasteiger partial charge in [-0.3, -0.25) is 9.74 Å². The Labute approximate surface area is 230 Å². The van der Waals surface area contributed by atoms with Gasteiger partial charge in [0.15, 0.2) is 0 Å². The molecule has 0 spiro atoms. The van der Waals surface area contributed by atoms with E-state index in [1.54, 1.807) is 24.3 Å². The van der Waals surface area contributed by atoms with Gasteiger partial charge in [0, 0.05) is 27.7 Å². The van der Waals surface area contributed by atoms with Gasteiger partial charge in [0.05, 0.1) is 18.4 Å². The minimum atomic E-state index is -2.94. The van der Waals surface area contributed by atoms with Crippen LogP contribution in [0.5, 0.6) is 11.5 Å². The van der Waals surface area contributed by atoms with Crippen LogP contribution in [0.2, 0.25) is 0 Å². The molecule has 5 aromatic carbocycles. The Hall–Kier alpha value is -4.40. The summed E-state index contributed by atoms with van der Waals surface area (Å²) < 4.78 is 5.49. The van der Waals surface area contributed by atoms with Crippen LogP contribution in [0.25, 0.3) is 0 Å². The SMILES string of the molecule is Cc1cc(C)c(N=Cc2ccccc2N=P(c2ccccc2)(c2ccccc2O)c2ccccc2O)c(C)c1. The maximum atomic E-state index is 11.2. The fourth-order valence-corrected chi connectivity index (χ4v) is 8.72. The molecule has 5 aromatic rings. The van der Waals surface area contributed by atoms with E-state index < -0.39 is 7.05 Å². The maximum Gasteiger partial charge on any atom is 0.125 e. The topological polar surface area (TPSA) is 65.2 Å². The molecule has 0 aliphatic rings. The van der Waals surface area contributed by atoms with E-state index in [2.05, 4.69) is 32.9 Å². The van der Waals surface area contributed by atoms with Crippen LogP contribution in [0.1, 0.15) is 22.3 Å². The number of rotatable bonds is 6. The van der Waals surface area contributed by atoms with Crippen molar-refractivity contribution in [2.45, 2.75) is 20.8 Å². The highest BCUT2D eigenvalue weighted by Crippen LogP contribution is 2.53. The summed E-state index contributed by atoms with van der Waals surface area (Å²) in [6.07, 6.45) is 1.86. The Morgan fingerprint density at radius 2 is 1.13 bits per heavy atom. The Morgan fingerprint density at radius 1 is 0.615 bits per heavy atom. The van der Waals surface area contributed by atoms with Gasteiger partial charge >= 0.3 is 0 Å². The number of nitrogens with zero attached hydrogens (tertiary/aromatic N) is 2.